The molecule has 5 aromatic carbocycles. The Morgan fingerprint density at radius 3 is 1.08 bits per heavy atom. The lowest BCUT2D eigenvalue weighted by atomic mass is 9.65. The fraction of sp³-hybridized carbons (Fsp3) is 0.386. The molecule has 11 rings (SSSR count). The van der Waals surface area contributed by atoms with Crippen LogP contribution in [0.15, 0.2) is 121 Å². The number of hydrogen-bond donors (Lipinski definition) is 0. The van der Waals surface area contributed by atoms with E-state index in [4.69, 9.17) is 4.74 Å². The number of fused-ring (bicyclic) bond motifs is 10. The Morgan fingerprint density at radius 1 is 0.408 bits per heavy atom. The summed E-state index contributed by atoms with van der Waals surface area (Å²) in [6, 6.07) is 49.0. The minimum absolute atomic E-state index is 0.584. The molecule has 76 heavy (non-hydrogen) atoms. The Bertz CT molecular complexity index is 3300. The summed E-state index contributed by atoms with van der Waals surface area (Å²) in [6.07, 6.45) is 25.5. The van der Waals surface area contributed by atoms with Crippen LogP contribution in [0.1, 0.15) is 207 Å². The molecule has 0 spiro atoms. The fourth-order valence-electron chi connectivity index (χ4n) is 13.1. The van der Waals surface area contributed by atoms with Crippen molar-refractivity contribution >= 4 is 70.4 Å². The van der Waals surface area contributed by atoms with Crippen molar-refractivity contribution in [2.24, 2.45) is 0 Å². The quantitative estimate of drug-likeness (QED) is 0.0399. The summed E-state index contributed by atoms with van der Waals surface area (Å²) in [7, 11) is 1.82. The monoisotopic (exact) mass is 1080 g/mol. The van der Waals surface area contributed by atoms with E-state index >= 15 is 0 Å². The van der Waals surface area contributed by atoms with E-state index in [0.717, 1.165) is 41.9 Å². The van der Waals surface area contributed by atoms with Crippen molar-refractivity contribution in [3.8, 4) is 25.9 Å². The number of aryl methyl sites for hydroxylation is 4. The van der Waals surface area contributed by atoms with Gasteiger partial charge in [-0.2, -0.15) is 0 Å². The average molecular weight is 1080 g/mol. The summed E-state index contributed by atoms with van der Waals surface area (Å²) in [5.74, 6) is 0. The van der Waals surface area contributed by atoms with E-state index in [2.05, 4.69) is 149 Å². The molecule has 2 aliphatic carbocycles. The number of benzene rings is 5. The first kappa shape index (κ1) is 52.9. The Morgan fingerprint density at radius 2 is 0.750 bits per heavy atom. The van der Waals surface area contributed by atoms with Gasteiger partial charge in [0.25, 0.3) is 0 Å². The van der Waals surface area contributed by atoms with Crippen LogP contribution in [0.5, 0.6) is 5.06 Å². The number of carbonyl (C=O) groups excluding carboxylic acids is 1. The molecule has 2 aliphatic rings. The summed E-state index contributed by atoms with van der Waals surface area (Å²) >= 11 is 7.33. The van der Waals surface area contributed by atoms with Crippen molar-refractivity contribution < 1.29 is 9.53 Å². The fourth-order valence-corrected chi connectivity index (χ4v) is 18.3. The maximum Gasteiger partial charge on any atom is 0.175 e. The highest BCUT2D eigenvalue weighted by molar-refractivity contribution is 7.31. The molecule has 0 saturated carbocycles. The van der Waals surface area contributed by atoms with Gasteiger partial charge in [-0.1, -0.05) is 213 Å². The molecule has 0 N–H and O–H groups in total. The van der Waals surface area contributed by atoms with E-state index < -0.39 is 10.8 Å². The van der Waals surface area contributed by atoms with Crippen molar-refractivity contribution in [3.05, 3.63) is 193 Å². The first-order chi connectivity index (χ1) is 37.4. The molecule has 0 saturated heterocycles. The second kappa shape index (κ2) is 23.5. The van der Waals surface area contributed by atoms with E-state index in [-0.39, 0.29) is 0 Å². The zero-order chi connectivity index (χ0) is 52.2. The largest absolute Gasteiger partial charge is 0.487 e. The SMILES string of the molecule is CCCCCCc1ccc(C2(c3ccc(CCCCCC)cc3)c3cc4c(cc3-c3sc5cc(C=O)sc5c32)C(c2ccc(CCCCCC)cc2)(c2ccc(CCCCCC)cc2)c2c-4sc3cc(OC)sc23)cc1. The molecule has 4 aromatic heterocycles. The van der Waals surface area contributed by atoms with E-state index in [9.17, 15) is 4.79 Å². The van der Waals surface area contributed by atoms with Crippen LogP contribution in [0.3, 0.4) is 0 Å². The molecule has 0 atom stereocenters. The average Bonchev–Trinajstić information content (AvgIpc) is 4.44. The highest BCUT2D eigenvalue weighted by atomic mass is 32.1. The molecule has 9 aromatic rings. The first-order valence-electron chi connectivity index (χ1n) is 29.1. The number of rotatable bonds is 26. The second-order valence-electron chi connectivity index (χ2n) is 22.0. The summed E-state index contributed by atoms with van der Waals surface area (Å²) < 4.78 is 11.1. The van der Waals surface area contributed by atoms with Crippen molar-refractivity contribution in [1.82, 2.24) is 0 Å². The predicted octanol–water partition coefficient (Wildman–Crippen LogP) is 21.3. The molecule has 392 valence electrons. The van der Waals surface area contributed by atoms with Crippen LogP contribution in [0.2, 0.25) is 0 Å². The van der Waals surface area contributed by atoms with Gasteiger partial charge in [-0.3, -0.25) is 4.79 Å². The normalized spacial score (nSPS) is 13.9. The van der Waals surface area contributed by atoms with Crippen LogP contribution in [0.4, 0.5) is 0 Å². The molecule has 2 nitrogen and oxygen atoms in total. The molecule has 0 fully saturated rings. The van der Waals surface area contributed by atoms with Crippen LogP contribution in [0, 0.1) is 0 Å². The van der Waals surface area contributed by atoms with Crippen molar-refractivity contribution in [3.63, 3.8) is 0 Å². The van der Waals surface area contributed by atoms with Crippen molar-refractivity contribution in [1.29, 1.82) is 0 Å². The van der Waals surface area contributed by atoms with E-state index in [1.54, 1.807) is 11.3 Å². The Labute approximate surface area is 469 Å². The highest BCUT2D eigenvalue weighted by Crippen LogP contribution is 2.68. The summed E-state index contributed by atoms with van der Waals surface area (Å²) in [5, 5.41) is 0.959. The molecule has 0 amide bonds. The predicted molar refractivity (Wildman–Crippen MR) is 331 cm³/mol. The van der Waals surface area contributed by atoms with E-state index in [0.29, 0.717) is 0 Å². The lowest BCUT2D eigenvalue weighted by molar-refractivity contribution is 0.112. The van der Waals surface area contributed by atoms with E-state index in [1.807, 2.05) is 41.1 Å². The van der Waals surface area contributed by atoms with Crippen molar-refractivity contribution in [2.45, 2.75) is 167 Å². The molecule has 0 unspecified atom stereocenters. The van der Waals surface area contributed by atoms with Gasteiger partial charge < -0.3 is 4.74 Å². The number of ether oxygens (including phenoxy) is 1. The first-order valence-corrected chi connectivity index (χ1v) is 32.4. The van der Waals surface area contributed by atoms with Crippen LogP contribution in [-0.2, 0) is 36.5 Å². The molecular weight excluding hydrogens is 1000 g/mol. The van der Waals surface area contributed by atoms with Gasteiger partial charge in [-0.05, 0) is 136 Å². The minimum Gasteiger partial charge on any atom is -0.487 e. The number of thiophene rings is 4. The van der Waals surface area contributed by atoms with Crippen LogP contribution in [-0.4, -0.2) is 13.4 Å². The molecular formula is C70H76O2S4. The van der Waals surface area contributed by atoms with Gasteiger partial charge in [0.1, 0.15) is 0 Å². The highest BCUT2D eigenvalue weighted by Gasteiger charge is 2.54. The number of unbranched alkanes of at least 4 members (excludes halogenated alkanes) is 12. The summed E-state index contributed by atoms with van der Waals surface area (Å²) in [6.45, 7) is 9.19. The lowest BCUT2D eigenvalue weighted by Crippen LogP contribution is -2.30. The standard InChI is InChI=1S/C70H76O2S4/c1-6-10-14-18-22-47-26-34-51(35-27-47)69(52-36-28-48(29-37-52)23-19-15-11-7-2)58-44-57-59(43-56(58)65-63(69)67-60(74-65)42-55(46-71)73-67)70(53-38-30-49(31-39-53)24-20-16-12-8-3,54-40-32-50(33-41-54)25-21-17-13-9-4)64-66(57)75-61-45-62(72-5)76-68(61)64/h26-46H,6-25H2,1-5H3. The van der Waals surface area contributed by atoms with Crippen LogP contribution >= 0.6 is 45.3 Å². The molecule has 0 radical (unpaired) electrons. The molecule has 4 heterocycles. The van der Waals surface area contributed by atoms with Gasteiger partial charge in [0.05, 0.1) is 32.2 Å². The van der Waals surface area contributed by atoms with E-state index in [1.165, 1.54) is 209 Å². The molecule has 0 bridgehead atoms. The topological polar surface area (TPSA) is 26.3 Å². The smallest absolute Gasteiger partial charge is 0.175 e. The number of hydrogen-bond acceptors (Lipinski definition) is 6. The molecule has 0 aliphatic heterocycles. The lowest BCUT2D eigenvalue weighted by Gasteiger charge is -2.36. The van der Waals surface area contributed by atoms with Crippen LogP contribution in [0.25, 0.3) is 39.7 Å². The van der Waals surface area contributed by atoms with Gasteiger partial charge in [-0.15, -0.1) is 34.0 Å². The second-order valence-corrected chi connectivity index (χ2v) is 26.2. The third kappa shape index (κ3) is 9.49. The van der Waals surface area contributed by atoms with Gasteiger partial charge in [0.15, 0.2) is 11.3 Å². The Kier molecular flexibility index (Phi) is 16.3. The van der Waals surface area contributed by atoms with Crippen LogP contribution < -0.4 is 4.74 Å². The Balaban J connectivity index is 1.18. The summed E-state index contributed by atoms with van der Waals surface area (Å²) in [4.78, 5) is 16.2. The van der Waals surface area contributed by atoms with Crippen molar-refractivity contribution in [2.75, 3.05) is 7.11 Å². The maximum absolute atomic E-state index is 12.7. The molecule has 6 heteroatoms. The van der Waals surface area contributed by atoms with Gasteiger partial charge in [-0.25, -0.2) is 0 Å². The minimum atomic E-state index is -0.618. The number of carbonyl (C=O) groups is 1. The number of methoxy groups -OCH3 is 1. The maximum atomic E-state index is 12.7. The van der Waals surface area contributed by atoms with Gasteiger partial charge in [0.2, 0.25) is 0 Å². The van der Waals surface area contributed by atoms with Gasteiger partial charge >= 0.3 is 0 Å². The Hall–Kier alpha value is -5.11. The zero-order valence-electron chi connectivity index (χ0n) is 45.7. The zero-order valence-corrected chi connectivity index (χ0v) is 49.0. The summed E-state index contributed by atoms with van der Waals surface area (Å²) in [5.41, 5.74) is 17.8. The third-order valence-corrected chi connectivity index (χ3v) is 21.9. The third-order valence-electron chi connectivity index (χ3n) is 17.1. The van der Waals surface area contributed by atoms with Gasteiger partial charge in [0, 0.05) is 36.3 Å². The number of aldehydes is 1.